The average Bonchev–Trinajstić information content (AvgIpc) is 2.33. The molecule has 0 saturated carbocycles. The predicted octanol–water partition coefficient (Wildman–Crippen LogP) is 1.25. The molecule has 4 N–H and O–H groups in total. The van der Waals surface area contributed by atoms with Crippen LogP contribution in [0.4, 0.5) is 10.5 Å². The van der Waals surface area contributed by atoms with Crippen molar-refractivity contribution in [1.29, 1.82) is 0 Å². The zero-order valence-corrected chi connectivity index (χ0v) is 11.6. The Balaban J connectivity index is 2.72. The summed E-state index contributed by atoms with van der Waals surface area (Å²) in [6, 6.07) is 4.57. The number of nitrogens with one attached hydrogen (secondary N) is 2. The van der Waals surface area contributed by atoms with Crippen LogP contribution in [0.2, 0.25) is 0 Å². The van der Waals surface area contributed by atoms with Crippen LogP contribution in [0.3, 0.4) is 0 Å². The van der Waals surface area contributed by atoms with E-state index in [9.17, 15) is 9.59 Å². The van der Waals surface area contributed by atoms with Crippen LogP contribution >= 0.6 is 15.9 Å². The summed E-state index contributed by atoms with van der Waals surface area (Å²) in [7, 11) is 1.42. The summed E-state index contributed by atoms with van der Waals surface area (Å²) >= 11 is 3.27. The van der Waals surface area contributed by atoms with Gasteiger partial charge in [0.15, 0.2) is 11.9 Å². The molecule has 1 unspecified atom stereocenters. The Bertz CT molecular complexity index is 445. The lowest BCUT2D eigenvalue weighted by molar-refractivity contribution is -0.126. The fourth-order valence-corrected chi connectivity index (χ4v) is 1.63. The Morgan fingerprint density at radius 1 is 1.44 bits per heavy atom. The van der Waals surface area contributed by atoms with Gasteiger partial charge in [0.25, 0.3) is 5.91 Å². The van der Waals surface area contributed by atoms with Gasteiger partial charge in [0.1, 0.15) is 0 Å². The quantitative estimate of drug-likeness (QED) is 0.732. The van der Waals surface area contributed by atoms with Crippen molar-refractivity contribution >= 4 is 33.6 Å². The lowest BCUT2D eigenvalue weighted by Crippen LogP contribution is -2.44. The molecular weight excluding hydrogens is 302 g/mol. The number of halogens is 1. The monoisotopic (exact) mass is 315 g/mol. The van der Waals surface area contributed by atoms with E-state index in [1.165, 1.54) is 14.0 Å². The first-order valence-corrected chi connectivity index (χ1v) is 5.98. The number of carbonyl (C=O) groups excluding carboxylic acids is 2. The number of nitrogen functional groups attached to an aromatic ring is 1. The van der Waals surface area contributed by atoms with Gasteiger partial charge in [-0.25, -0.2) is 4.79 Å². The van der Waals surface area contributed by atoms with Crippen LogP contribution < -0.4 is 21.1 Å². The first kappa shape index (κ1) is 14.3. The average molecular weight is 316 g/mol. The highest BCUT2D eigenvalue weighted by molar-refractivity contribution is 9.10. The molecule has 0 spiro atoms. The highest BCUT2D eigenvalue weighted by atomic mass is 79.9. The molecule has 18 heavy (non-hydrogen) atoms. The third kappa shape index (κ3) is 3.63. The molecule has 0 bridgehead atoms. The number of carbonyl (C=O) groups is 2. The molecule has 0 radical (unpaired) electrons. The molecule has 0 aliphatic carbocycles. The lowest BCUT2D eigenvalue weighted by atomic mass is 10.3. The first-order valence-electron chi connectivity index (χ1n) is 5.19. The van der Waals surface area contributed by atoms with Gasteiger partial charge in [-0.1, -0.05) is 6.07 Å². The van der Waals surface area contributed by atoms with E-state index in [-0.39, 0.29) is 0 Å². The molecule has 1 atom stereocenters. The number of anilines is 1. The van der Waals surface area contributed by atoms with E-state index in [2.05, 4.69) is 26.6 Å². The van der Waals surface area contributed by atoms with E-state index in [0.29, 0.717) is 15.9 Å². The van der Waals surface area contributed by atoms with Gasteiger partial charge in [-0.15, -0.1) is 0 Å². The third-order valence-corrected chi connectivity index (χ3v) is 2.75. The van der Waals surface area contributed by atoms with Crippen LogP contribution in [-0.2, 0) is 4.79 Å². The van der Waals surface area contributed by atoms with Crippen LogP contribution in [-0.4, -0.2) is 25.1 Å². The number of benzene rings is 1. The van der Waals surface area contributed by atoms with Crippen LogP contribution in [0.15, 0.2) is 22.7 Å². The molecule has 1 aromatic rings. The van der Waals surface area contributed by atoms with Crippen molar-refractivity contribution in [3.63, 3.8) is 0 Å². The number of urea groups is 1. The summed E-state index contributed by atoms with van der Waals surface area (Å²) in [5.74, 6) is -0.179. The Morgan fingerprint density at radius 3 is 2.67 bits per heavy atom. The zero-order chi connectivity index (χ0) is 13.7. The van der Waals surface area contributed by atoms with Gasteiger partial charge in [-0.05, 0) is 35.0 Å². The summed E-state index contributed by atoms with van der Waals surface area (Å²) in [4.78, 5) is 22.6. The predicted molar refractivity (Wildman–Crippen MR) is 71.2 cm³/mol. The summed E-state index contributed by atoms with van der Waals surface area (Å²) in [5, 5.41) is 4.40. The molecule has 98 valence electrons. The minimum absolute atomic E-state index is 0.372. The van der Waals surface area contributed by atoms with Crippen molar-refractivity contribution in [2.45, 2.75) is 13.0 Å². The molecule has 0 heterocycles. The first-order chi connectivity index (χ1) is 8.45. The van der Waals surface area contributed by atoms with Crippen molar-refractivity contribution in [3.05, 3.63) is 22.7 Å². The largest absolute Gasteiger partial charge is 0.478 e. The zero-order valence-electron chi connectivity index (χ0n) is 9.99. The van der Waals surface area contributed by atoms with E-state index in [0.717, 1.165) is 0 Å². The fourth-order valence-electron chi connectivity index (χ4n) is 1.16. The molecular formula is C11H14BrN3O3. The molecule has 0 aliphatic heterocycles. The minimum Gasteiger partial charge on any atom is -0.478 e. The molecule has 0 saturated heterocycles. The van der Waals surface area contributed by atoms with Crippen molar-refractivity contribution < 1.29 is 14.3 Å². The summed E-state index contributed by atoms with van der Waals surface area (Å²) in [6.07, 6.45) is -0.844. The maximum absolute atomic E-state index is 11.6. The highest BCUT2D eigenvalue weighted by Crippen LogP contribution is 2.31. The molecule has 0 aromatic heterocycles. The lowest BCUT2D eigenvalue weighted by Gasteiger charge is -2.16. The number of hydrogen-bond donors (Lipinski definition) is 3. The second kappa shape index (κ2) is 6.25. The maximum Gasteiger partial charge on any atom is 0.321 e. The number of ether oxygens (including phenoxy) is 1. The second-order valence-corrected chi connectivity index (χ2v) is 4.34. The van der Waals surface area contributed by atoms with Gasteiger partial charge < -0.3 is 15.8 Å². The number of imide groups is 1. The smallest absolute Gasteiger partial charge is 0.321 e. The number of rotatable bonds is 3. The van der Waals surface area contributed by atoms with Gasteiger partial charge in [0.2, 0.25) is 0 Å². The Labute approximate surface area is 113 Å². The van der Waals surface area contributed by atoms with Crippen molar-refractivity contribution in [2.24, 2.45) is 0 Å². The second-order valence-electron chi connectivity index (χ2n) is 3.49. The number of amides is 3. The minimum atomic E-state index is -0.844. The van der Waals surface area contributed by atoms with E-state index >= 15 is 0 Å². The molecule has 1 aromatic carbocycles. The summed E-state index contributed by atoms with van der Waals surface area (Å²) in [6.45, 7) is 1.52. The van der Waals surface area contributed by atoms with Crippen molar-refractivity contribution in [1.82, 2.24) is 10.6 Å². The van der Waals surface area contributed by atoms with Gasteiger partial charge in [-0.2, -0.15) is 0 Å². The van der Waals surface area contributed by atoms with Crippen LogP contribution in [0.5, 0.6) is 5.75 Å². The highest BCUT2D eigenvalue weighted by Gasteiger charge is 2.19. The van der Waals surface area contributed by atoms with Crippen molar-refractivity contribution in [3.8, 4) is 5.75 Å². The van der Waals surface area contributed by atoms with E-state index in [4.69, 9.17) is 10.5 Å². The summed E-state index contributed by atoms with van der Waals surface area (Å²) < 4.78 is 6.06. The van der Waals surface area contributed by atoms with Crippen LogP contribution in [0, 0.1) is 0 Å². The fraction of sp³-hybridized carbons (Fsp3) is 0.273. The molecule has 1 rings (SSSR count). The third-order valence-electron chi connectivity index (χ3n) is 2.13. The van der Waals surface area contributed by atoms with E-state index in [1.807, 2.05) is 0 Å². The van der Waals surface area contributed by atoms with E-state index in [1.54, 1.807) is 18.2 Å². The van der Waals surface area contributed by atoms with Gasteiger partial charge >= 0.3 is 6.03 Å². The van der Waals surface area contributed by atoms with Gasteiger partial charge in [0, 0.05) is 7.05 Å². The van der Waals surface area contributed by atoms with E-state index < -0.39 is 18.0 Å². The Kier molecular flexibility index (Phi) is 4.96. The van der Waals surface area contributed by atoms with Crippen LogP contribution in [0.25, 0.3) is 0 Å². The molecule has 0 aliphatic rings. The molecule has 0 fully saturated rings. The number of nitrogens with two attached hydrogens (primary N) is 1. The Morgan fingerprint density at radius 2 is 2.11 bits per heavy atom. The normalized spacial score (nSPS) is 11.5. The molecule has 7 heteroatoms. The molecule has 6 nitrogen and oxygen atoms in total. The standard InChI is InChI=1S/C11H14BrN3O3/c1-6(10(16)15-11(17)14-2)18-9-7(12)4-3-5-8(9)13/h3-6H,13H2,1-2H3,(H2,14,15,16,17). The van der Waals surface area contributed by atoms with Crippen LogP contribution in [0.1, 0.15) is 6.92 Å². The van der Waals surface area contributed by atoms with Crippen molar-refractivity contribution in [2.75, 3.05) is 12.8 Å². The number of hydrogen-bond acceptors (Lipinski definition) is 4. The Hall–Kier alpha value is -1.76. The topological polar surface area (TPSA) is 93.5 Å². The maximum atomic E-state index is 11.6. The SMILES string of the molecule is CNC(=O)NC(=O)C(C)Oc1c(N)cccc1Br. The number of para-hydroxylation sites is 1. The van der Waals surface area contributed by atoms with Gasteiger partial charge in [-0.3, -0.25) is 10.1 Å². The summed E-state index contributed by atoms with van der Waals surface area (Å²) in [5.41, 5.74) is 6.14. The molecule has 3 amide bonds. The van der Waals surface area contributed by atoms with Gasteiger partial charge in [0.05, 0.1) is 10.2 Å².